The zero-order valence-corrected chi connectivity index (χ0v) is 10.2. The van der Waals surface area contributed by atoms with Crippen molar-refractivity contribution < 1.29 is 10.2 Å². The summed E-state index contributed by atoms with van der Waals surface area (Å²) in [6, 6.07) is 3.83. The van der Waals surface area contributed by atoms with Crippen LogP contribution in [0.15, 0.2) is 17.5 Å². The molecule has 0 aliphatic rings. The van der Waals surface area contributed by atoms with Crippen LogP contribution in [0.5, 0.6) is 0 Å². The molecule has 4 heteroatoms. The van der Waals surface area contributed by atoms with Gasteiger partial charge in [0.05, 0.1) is 6.10 Å². The van der Waals surface area contributed by atoms with E-state index in [0.29, 0.717) is 6.54 Å². The van der Waals surface area contributed by atoms with Gasteiger partial charge in [-0.25, -0.2) is 0 Å². The minimum atomic E-state index is -0.497. The standard InChI is InChI=1S/C11H19NO2S/c1-8(13)11(2,3)12-7-9(14)10-5-4-6-15-10/h4-6,8-9,12-14H,7H2,1-3H3. The van der Waals surface area contributed by atoms with Gasteiger partial charge < -0.3 is 15.5 Å². The number of aliphatic hydroxyl groups excluding tert-OH is 2. The molecule has 0 saturated heterocycles. The summed E-state index contributed by atoms with van der Waals surface area (Å²) in [7, 11) is 0. The molecule has 0 bridgehead atoms. The highest BCUT2D eigenvalue weighted by Gasteiger charge is 2.24. The van der Waals surface area contributed by atoms with Crippen LogP contribution in [0.4, 0.5) is 0 Å². The largest absolute Gasteiger partial charge is 0.392 e. The SMILES string of the molecule is CC(O)C(C)(C)NCC(O)c1cccs1. The Morgan fingerprint density at radius 1 is 1.47 bits per heavy atom. The van der Waals surface area contributed by atoms with E-state index in [2.05, 4.69) is 5.32 Å². The molecule has 2 atom stereocenters. The third-order valence-corrected chi connectivity index (χ3v) is 3.64. The minimum Gasteiger partial charge on any atom is -0.392 e. The fourth-order valence-electron chi connectivity index (χ4n) is 1.09. The Morgan fingerprint density at radius 2 is 2.13 bits per heavy atom. The van der Waals surface area contributed by atoms with Gasteiger partial charge in [-0.1, -0.05) is 6.07 Å². The molecule has 0 aromatic carbocycles. The Labute approximate surface area is 94.8 Å². The number of thiophene rings is 1. The van der Waals surface area contributed by atoms with Crippen molar-refractivity contribution in [3.05, 3.63) is 22.4 Å². The number of β-amino-alcohol motifs (C(OH)–C–C–N with tert-alkyl or cyclic N) is 1. The smallest absolute Gasteiger partial charge is 0.101 e. The zero-order chi connectivity index (χ0) is 11.5. The molecule has 1 aromatic heterocycles. The summed E-state index contributed by atoms with van der Waals surface area (Å²) in [5.41, 5.74) is -0.377. The Hall–Kier alpha value is -0.420. The quantitative estimate of drug-likeness (QED) is 0.717. The van der Waals surface area contributed by atoms with Crippen LogP contribution in [0, 0.1) is 0 Å². The Morgan fingerprint density at radius 3 is 2.60 bits per heavy atom. The third-order valence-electron chi connectivity index (χ3n) is 2.67. The predicted molar refractivity (Wildman–Crippen MR) is 63.0 cm³/mol. The van der Waals surface area contributed by atoms with Crippen LogP contribution in [0.1, 0.15) is 31.8 Å². The van der Waals surface area contributed by atoms with Crippen molar-refractivity contribution in [1.29, 1.82) is 0 Å². The third kappa shape index (κ3) is 3.57. The van der Waals surface area contributed by atoms with Crippen LogP contribution in [0.2, 0.25) is 0 Å². The second kappa shape index (κ2) is 5.07. The molecule has 0 spiro atoms. The summed E-state index contributed by atoms with van der Waals surface area (Å²) in [4.78, 5) is 0.948. The number of nitrogens with one attached hydrogen (secondary N) is 1. The average molecular weight is 229 g/mol. The van der Waals surface area contributed by atoms with Crippen molar-refractivity contribution in [3.8, 4) is 0 Å². The molecule has 0 fully saturated rings. The topological polar surface area (TPSA) is 52.5 Å². The van der Waals surface area contributed by atoms with Crippen molar-refractivity contribution in [1.82, 2.24) is 5.32 Å². The summed E-state index contributed by atoms with van der Waals surface area (Å²) < 4.78 is 0. The molecule has 86 valence electrons. The summed E-state index contributed by atoms with van der Waals surface area (Å²) in [6.07, 6.45) is -0.948. The summed E-state index contributed by atoms with van der Waals surface area (Å²) >= 11 is 1.54. The highest BCUT2D eigenvalue weighted by molar-refractivity contribution is 7.10. The van der Waals surface area contributed by atoms with Crippen LogP contribution in [-0.2, 0) is 0 Å². The van der Waals surface area contributed by atoms with Gasteiger partial charge in [0.1, 0.15) is 6.10 Å². The Balaban J connectivity index is 2.44. The molecule has 3 N–H and O–H groups in total. The number of aliphatic hydroxyl groups is 2. The molecule has 0 aliphatic heterocycles. The lowest BCUT2D eigenvalue weighted by atomic mass is 9.98. The van der Waals surface area contributed by atoms with Crippen molar-refractivity contribution in [2.75, 3.05) is 6.54 Å². The molecule has 0 saturated carbocycles. The van der Waals surface area contributed by atoms with Gasteiger partial charge in [-0.15, -0.1) is 11.3 Å². The fraction of sp³-hybridized carbons (Fsp3) is 0.636. The van der Waals surface area contributed by atoms with Crippen LogP contribution < -0.4 is 5.32 Å². The van der Waals surface area contributed by atoms with Gasteiger partial charge in [-0.05, 0) is 32.2 Å². The van der Waals surface area contributed by atoms with Gasteiger partial charge in [0.2, 0.25) is 0 Å². The lowest BCUT2D eigenvalue weighted by Gasteiger charge is -2.30. The lowest BCUT2D eigenvalue weighted by Crippen LogP contribution is -2.49. The van der Waals surface area contributed by atoms with E-state index in [1.54, 1.807) is 6.92 Å². The average Bonchev–Trinajstić information content (AvgIpc) is 2.66. The van der Waals surface area contributed by atoms with Crippen molar-refractivity contribution >= 4 is 11.3 Å². The molecular formula is C11H19NO2S. The summed E-state index contributed by atoms with van der Waals surface area (Å²) in [5.74, 6) is 0. The van der Waals surface area contributed by atoms with Crippen LogP contribution >= 0.6 is 11.3 Å². The predicted octanol–water partition coefficient (Wildman–Crippen LogP) is 1.53. The molecule has 1 rings (SSSR count). The normalized spacial score (nSPS) is 16.3. The van der Waals surface area contributed by atoms with Gasteiger partial charge in [0, 0.05) is 17.0 Å². The van der Waals surface area contributed by atoms with E-state index in [0.717, 1.165) is 4.88 Å². The van der Waals surface area contributed by atoms with Crippen molar-refractivity contribution in [3.63, 3.8) is 0 Å². The van der Waals surface area contributed by atoms with Crippen molar-refractivity contribution in [2.24, 2.45) is 0 Å². The minimum absolute atomic E-state index is 0.377. The Kier molecular flexibility index (Phi) is 4.28. The molecule has 2 unspecified atom stereocenters. The van der Waals surface area contributed by atoms with E-state index < -0.39 is 12.2 Å². The van der Waals surface area contributed by atoms with Crippen molar-refractivity contribution in [2.45, 2.75) is 38.5 Å². The molecule has 0 amide bonds. The highest BCUT2D eigenvalue weighted by atomic mass is 32.1. The van der Waals surface area contributed by atoms with Gasteiger partial charge in [0.25, 0.3) is 0 Å². The summed E-state index contributed by atoms with van der Waals surface area (Å²) in [5, 5.41) is 24.4. The zero-order valence-electron chi connectivity index (χ0n) is 9.40. The first-order chi connectivity index (χ1) is 6.93. The van der Waals surface area contributed by atoms with E-state index >= 15 is 0 Å². The van der Waals surface area contributed by atoms with E-state index in [9.17, 15) is 10.2 Å². The van der Waals surface area contributed by atoms with Crippen LogP contribution in [-0.4, -0.2) is 28.4 Å². The van der Waals surface area contributed by atoms with E-state index in [1.165, 1.54) is 11.3 Å². The highest BCUT2D eigenvalue weighted by Crippen LogP contribution is 2.19. The second-order valence-electron chi connectivity index (χ2n) is 4.31. The Bertz CT molecular complexity index is 283. The van der Waals surface area contributed by atoms with Crippen LogP contribution in [0.3, 0.4) is 0 Å². The first-order valence-electron chi connectivity index (χ1n) is 5.08. The van der Waals surface area contributed by atoms with E-state index in [4.69, 9.17) is 0 Å². The second-order valence-corrected chi connectivity index (χ2v) is 5.29. The molecule has 15 heavy (non-hydrogen) atoms. The van der Waals surface area contributed by atoms with E-state index in [-0.39, 0.29) is 5.54 Å². The fourth-order valence-corrected chi connectivity index (χ4v) is 1.80. The lowest BCUT2D eigenvalue weighted by molar-refractivity contribution is 0.0810. The molecule has 3 nitrogen and oxygen atoms in total. The van der Waals surface area contributed by atoms with Gasteiger partial charge >= 0.3 is 0 Å². The number of hydrogen-bond acceptors (Lipinski definition) is 4. The van der Waals surface area contributed by atoms with Gasteiger partial charge in [-0.3, -0.25) is 0 Å². The summed E-state index contributed by atoms with van der Waals surface area (Å²) in [6.45, 7) is 6.03. The molecule has 1 aromatic rings. The molecular weight excluding hydrogens is 210 g/mol. The maximum atomic E-state index is 9.82. The number of rotatable bonds is 5. The molecule has 0 radical (unpaired) electrons. The van der Waals surface area contributed by atoms with E-state index in [1.807, 2.05) is 31.4 Å². The maximum absolute atomic E-state index is 9.82. The monoisotopic (exact) mass is 229 g/mol. The molecule has 0 aliphatic carbocycles. The first-order valence-corrected chi connectivity index (χ1v) is 5.96. The molecule has 1 heterocycles. The first kappa shape index (κ1) is 12.6. The van der Waals surface area contributed by atoms with Gasteiger partial charge in [0.15, 0.2) is 0 Å². The van der Waals surface area contributed by atoms with Gasteiger partial charge in [-0.2, -0.15) is 0 Å². The maximum Gasteiger partial charge on any atom is 0.101 e. The number of hydrogen-bond donors (Lipinski definition) is 3. The van der Waals surface area contributed by atoms with Crippen LogP contribution in [0.25, 0.3) is 0 Å².